The topological polar surface area (TPSA) is 37.3 Å². The number of benzene rings is 1. The second-order valence-corrected chi connectivity index (χ2v) is 3.49. The van der Waals surface area contributed by atoms with Crippen LogP contribution in [0.15, 0.2) is 29.2 Å². The van der Waals surface area contributed by atoms with Crippen LogP contribution in [0, 0.1) is 6.92 Å². The predicted molar refractivity (Wildman–Crippen MR) is 59.7 cm³/mol. The average molecular weight is 208 g/mol. The first kappa shape index (κ1) is 10.9. The molecule has 0 saturated heterocycles. The summed E-state index contributed by atoms with van der Waals surface area (Å²) in [5, 5.41) is 8.90. The molecule has 0 heterocycles. The lowest BCUT2D eigenvalue weighted by molar-refractivity contribution is -0.130. The zero-order valence-corrected chi connectivity index (χ0v) is 9.01. The van der Waals surface area contributed by atoms with Crippen molar-refractivity contribution in [3.8, 4) is 0 Å². The van der Waals surface area contributed by atoms with Gasteiger partial charge in [0.25, 0.3) is 0 Å². The maximum Gasteiger partial charge on any atom is 0.335 e. The van der Waals surface area contributed by atoms with Gasteiger partial charge in [0.15, 0.2) is 0 Å². The van der Waals surface area contributed by atoms with Gasteiger partial charge in [-0.3, -0.25) is 0 Å². The van der Waals surface area contributed by atoms with Crippen LogP contribution in [0.5, 0.6) is 0 Å². The van der Waals surface area contributed by atoms with E-state index in [1.165, 1.54) is 0 Å². The van der Waals surface area contributed by atoms with Gasteiger partial charge in [-0.25, -0.2) is 4.79 Å². The van der Waals surface area contributed by atoms with Crippen molar-refractivity contribution in [1.82, 2.24) is 0 Å². The summed E-state index contributed by atoms with van der Waals surface area (Å²) in [6, 6.07) is 5.39. The van der Waals surface area contributed by atoms with Gasteiger partial charge in [0.1, 0.15) is 0 Å². The highest BCUT2D eigenvalue weighted by atomic mass is 32.1. The van der Waals surface area contributed by atoms with Crippen LogP contribution in [0.3, 0.4) is 0 Å². The second kappa shape index (κ2) is 4.33. The zero-order valence-electron chi connectivity index (χ0n) is 8.11. The lowest BCUT2D eigenvalue weighted by Gasteiger charge is -2.04. The third-order valence-corrected chi connectivity index (χ3v) is 2.53. The first-order valence-corrected chi connectivity index (χ1v) is 4.70. The monoisotopic (exact) mass is 208 g/mol. The van der Waals surface area contributed by atoms with E-state index in [2.05, 4.69) is 12.6 Å². The lowest BCUT2D eigenvalue weighted by atomic mass is 10.0. The van der Waals surface area contributed by atoms with E-state index in [1.807, 2.05) is 13.0 Å². The van der Waals surface area contributed by atoms with Crippen molar-refractivity contribution in [3.63, 3.8) is 0 Å². The number of carbonyl (C=O) groups is 1. The summed E-state index contributed by atoms with van der Waals surface area (Å²) < 4.78 is 0. The molecule has 0 unspecified atom stereocenters. The van der Waals surface area contributed by atoms with Crippen LogP contribution < -0.4 is 0 Å². The highest BCUT2D eigenvalue weighted by molar-refractivity contribution is 7.80. The molecule has 1 N–H and O–H groups in total. The number of hydrogen-bond acceptors (Lipinski definition) is 2. The smallest absolute Gasteiger partial charge is 0.335 e. The molecule has 0 radical (unpaired) electrons. The first-order chi connectivity index (χ1) is 6.56. The third kappa shape index (κ3) is 2.17. The minimum Gasteiger partial charge on any atom is -0.478 e. The summed E-state index contributed by atoms with van der Waals surface area (Å²) in [6.45, 7) is 3.62. The largest absolute Gasteiger partial charge is 0.478 e. The second-order valence-electron chi connectivity index (χ2n) is 3.01. The van der Waals surface area contributed by atoms with E-state index in [1.54, 1.807) is 25.1 Å². The van der Waals surface area contributed by atoms with Gasteiger partial charge in [0.05, 0.1) is 5.57 Å². The third-order valence-electron chi connectivity index (χ3n) is 2.03. The Kier molecular flexibility index (Phi) is 3.36. The fraction of sp³-hybridized carbons (Fsp3) is 0.182. The van der Waals surface area contributed by atoms with Gasteiger partial charge < -0.3 is 5.11 Å². The minimum atomic E-state index is -0.904. The molecule has 0 spiro atoms. The van der Waals surface area contributed by atoms with Crippen molar-refractivity contribution in [2.75, 3.05) is 0 Å². The molecule has 14 heavy (non-hydrogen) atoms. The SMILES string of the molecule is CC=C(C(=O)O)c1ccc(S)c(C)c1. The summed E-state index contributed by atoms with van der Waals surface area (Å²) in [5.74, 6) is -0.904. The molecule has 0 aromatic heterocycles. The normalized spacial score (nSPS) is 11.5. The molecule has 0 fully saturated rings. The first-order valence-electron chi connectivity index (χ1n) is 4.26. The summed E-state index contributed by atoms with van der Waals surface area (Å²) in [5.41, 5.74) is 2.02. The highest BCUT2D eigenvalue weighted by Crippen LogP contribution is 2.20. The van der Waals surface area contributed by atoms with Crippen LogP contribution in [-0.4, -0.2) is 11.1 Å². The summed E-state index contributed by atoms with van der Waals surface area (Å²) in [6.07, 6.45) is 1.59. The van der Waals surface area contributed by atoms with Crippen molar-refractivity contribution >= 4 is 24.2 Å². The molecule has 0 bridgehead atoms. The molecular weight excluding hydrogens is 196 g/mol. The Morgan fingerprint density at radius 2 is 2.14 bits per heavy atom. The molecule has 2 nitrogen and oxygen atoms in total. The van der Waals surface area contributed by atoms with Crippen molar-refractivity contribution in [2.24, 2.45) is 0 Å². The minimum absolute atomic E-state index is 0.321. The van der Waals surface area contributed by atoms with E-state index in [4.69, 9.17) is 5.11 Å². The zero-order chi connectivity index (χ0) is 10.7. The van der Waals surface area contributed by atoms with E-state index in [0.717, 1.165) is 16.0 Å². The molecule has 1 aromatic rings. The number of carboxylic acids is 1. The molecular formula is C11H12O2S. The fourth-order valence-electron chi connectivity index (χ4n) is 1.24. The van der Waals surface area contributed by atoms with Gasteiger partial charge in [-0.2, -0.15) is 0 Å². The van der Waals surface area contributed by atoms with Crippen LogP contribution in [0.2, 0.25) is 0 Å². The van der Waals surface area contributed by atoms with Crippen LogP contribution >= 0.6 is 12.6 Å². The van der Waals surface area contributed by atoms with Gasteiger partial charge in [-0.1, -0.05) is 18.2 Å². The molecule has 1 rings (SSSR count). The Bertz CT molecular complexity index is 394. The van der Waals surface area contributed by atoms with Crippen molar-refractivity contribution in [1.29, 1.82) is 0 Å². The van der Waals surface area contributed by atoms with Gasteiger partial charge in [0.2, 0.25) is 0 Å². The Labute approximate surface area is 88.7 Å². The van der Waals surface area contributed by atoms with Gasteiger partial charge >= 0.3 is 5.97 Å². The van der Waals surface area contributed by atoms with Gasteiger partial charge in [-0.05, 0) is 31.0 Å². The van der Waals surface area contributed by atoms with Crippen molar-refractivity contribution in [2.45, 2.75) is 18.7 Å². The number of aryl methyl sites for hydroxylation is 1. The van der Waals surface area contributed by atoms with Crippen LogP contribution in [0.25, 0.3) is 5.57 Å². The Morgan fingerprint density at radius 1 is 1.50 bits per heavy atom. The van der Waals surface area contributed by atoms with Gasteiger partial charge in [0, 0.05) is 4.90 Å². The fourth-order valence-corrected chi connectivity index (χ4v) is 1.38. The molecule has 74 valence electrons. The number of aliphatic carboxylic acids is 1. The number of thiol groups is 1. The maximum absolute atomic E-state index is 10.8. The summed E-state index contributed by atoms with van der Waals surface area (Å²) >= 11 is 4.23. The summed E-state index contributed by atoms with van der Waals surface area (Å²) in [7, 11) is 0. The Hall–Kier alpha value is -1.22. The standard InChI is InChI=1S/C11H12O2S/c1-3-9(11(12)13)8-4-5-10(14)7(2)6-8/h3-6,14H,1-2H3,(H,12,13). The average Bonchev–Trinajstić information content (AvgIpc) is 2.11. The quantitative estimate of drug-likeness (QED) is 0.579. The van der Waals surface area contributed by atoms with Crippen LogP contribution in [-0.2, 0) is 4.79 Å². The van der Waals surface area contributed by atoms with Crippen molar-refractivity contribution in [3.05, 3.63) is 35.4 Å². The number of allylic oxidation sites excluding steroid dienone is 1. The number of hydrogen-bond donors (Lipinski definition) is 2. The molecule has 1 aromatic carbocycles. The molecule has 0 atom stereocenters. The Morgan fingerprint density at radius 3 is 2.57 bits per heavy atom. The number of rotatable bonds is 2. The predicted octanol–water partition coefficient (Wildman–Crippen LogP) is 2.77. The lowest BCUT2D eigenvalue weighted by Crippen LogP contribution is -1.99. The van der Waals surface area contributed by atoms with Crippen molar-refractivity contribution < 1.29 is 9.90 Å². The molecule has 0 amide bonds. The molecule has 0 aliphatic heterocycles. The maximum atomic E-state index is 10.8. The van der Waals surface area contributed by atoms with Gasteiger partial charge in [-0.15, -0.1) is 12.6 Å². The molecule has 0 saturated carbocycles. The van der Waals surface area contributed by atoms with E-state index < -0.39 is 5.97 Å². The van der Waals surface area contributed by atoms with E-state index in [-0.39, 0.29) is 0 Å². The van der Waals surface area contributed by atoms with E-state index in [0.29, 0.717) is 5.57 Å². The molecule has 3 heteroatoms. The highest BCUT2D eigenvalue weighted by Gasteiger charge is 2.09. The summed E-state index contributed by atoms with van der Waals surface area (Å²) in [4.78, 5) is 11.7. The van der Waals surface area contributed by atoms with E-state index >= 15 is 0 Å². The Balaban J connectivity index is 3.20. The molecule has 0 aliphatic rings. The van der Waals surface area contributed by atoms with Crippen LogP contribution in [0.4, 0.5) is 0 Å². The number of carboxylic acid groups (broad SMARTS) is 1. The van der Waals surface area contributed by atoms with Crippen LogP contribution in [0.1, 0.15) is 18.1 Å². The van der Waals surface area contributed by atoms with E-state index in [9.17, 15) is 4.79 Å². The molecule has 0 aliphatic carbocycles.